The number of allylic oxidation sites excluding steroid dienone is 2. The molecule has 0 radical (unpaired) electrons. The van der Waals surface area contributed by atoms with Crippen LogP contribution in [0, 0.1) is 5.92 Å². The average Bonchev–Trinajstić information content (AvgIpc) is 3.76. The van der Waals surface area contributed by atoms with Gasteiger partial charge in [0.25, 0.3) is 5.91 Å². The van der Waals surface area contributed by atoms with Gasteiger partial charge < -0.3 is 30.1 Å². The second kappa shape index (κ2) is 11.3. The van der Waals surface area contributed by atoms with Crippen LogP contribution in [0.25, 0.3) is 0 Å². The Bertz CT molecular complexity index is 1170. The quantitative estimate of drug-likeness (QED) is 0.258. The van der Waals surface area contributed by atoms with Gasteiger partial charge in [0.2, 0.25) is 21.8 Å². The van der Waals surface area contributed by atoms with E-state index in [4.69, 9.17) is 9.47 Å². The number of nitrogens with zero attached hydrogens (tertiary/aromatic N) is 1. The zero-order valence-corrected chi connectivity index (χ0v) is 22.9. The number of nitrogens with one attached hydrogen (secondary N) is 3. The van der Waals surface area contributed by atoms with Crippen LogP contribution in [-0.4, -0.2) is 90.5 Å². The van der Waals surface area contributed by atoms with Crippen LogP contribution in [0.3, 0.4) is 0 Å². The molecule has 0 aromatic rings. The molecule has 216 valence electrons. The maximum absolute atomic E-state index is 13.7. The molecule has 2 heterocycles. The van der Waals surface area contributed by atoms with Crippen LogP contribution in [0.2, 0.25) is 0 Å². The van der Waals surface area contributed by atoms with Crippen LogP contribution < -0.4 is 15.4 Å². The maximum Gasteiger partial charge on any atom is 0.412 e. The van der Waals surface area contributed by atoms with Gasteiger partial charge in [-0.1, -0.05) is 18.7 Å². The van der Waals surface area contributed by atoms with Crippen molar-refractivity contribution in [2.24, 2.45) is 5.92 Å². The molecule has 13 nitrogen and oxygen atoms in total. The van der Waals surface area contributed by atoms with Crippen molar-refractivity contribution in [1.82, 2.24) is 20.3 Å². The first-order valence-corrected chi connectivity index (χ1v) is 14.7. The number of ether oxygens (including phenoxy) is 2. The summed E-state index contributed by atoms with van der Waals surface area (Å²) < 4.78 is 37.8. The predicted octanol–water partition coefficient (Wildman–Crippen LogP) is -0.185. The molecule has 0 aromatic heterocycles. The third kappa shape index (κ3) is 6.61. The van der Waals surface area contributed by atoms with E-state index in [1.54, 1.807) is 13.0 Å². The summed E-state index contributed by atoms with van der Waals surface area (Å²) in [5.41, 5.74) is -1.50. The Balaban J connectivity index is 1.60. The van der Waals surface area contributed by atoms with Crippen molar-refractivity contribution in [3.63, 3.8) is 0 Å². The molecular formula is C25H36N4O9S. The van der Waals surface area contributed by atoms with Crippen molar-refractivity contribution >= 4 is 33.8 Å². The minimum absolute atomic E-state index is 0.103. The molecule has 4 N–H and O–H groups in total. The fraction of sp³-hybridized carbons (Fsp3) is 0.680. The summed E-state index contributed by atoms with van der Waals surface area (Å²) in [6, 6.07) is -2.41. The summed E-state index contributed by atoms with van der Waals surface area (Å²) in [5, 5.41) is 14.9. The number of rotatable bonds is 5. The molecule has 39 heavy (non-hydrogen) atoms. The second-order valence-corrected chi connectivity index (χ2v) is 12.7. The molecule has 14 heteroatoms. The number of carbonyl (C=O) groups is 4. The molecule has 6 atom stereocenters. The Hall–Kier alpha value is -2.97. The third-order valence-electron chi connectivity index (χ3n) is 7.37. The van der Waals surface area contributed by atoms with Crippen molar-refractivity contribution < 1.29 is 42.2 Å². The number of sulfonamides is 1. The summed E-state index contributed by atoms with van der Waals surface area (Å²) in [7, 11) is -3.85. The van der Waals surface area contributed by atoms with Crippen molar-refractivity contribution in [3.8, 4) is 0 Å². The zero-order chi connectivity index (χ0) is 28.5. The Morgan fingerprint density at radius 2 is 2.03 bits per heavy atom. The molecule has 0 aromatic carbocycles. The number of amides is 4. The van der Waals surface area contributed by atoms with Crippen molar-refractivity contribution in [3.05, 3.63) is 24.5 Å². The van der Waals surface area contributed by atoms with E-state index in [-0.39, 0.29) is 31.8 Å². The van der Waals surface area contributed by atoms with Crippen LogP contribution in [0.5, 0.6) is 0 Å². The number of aliphatic hydroxyl groups excluding tert-OH is 1. The van der Waals surface area contributed by atoms with Gasteiger partial charge in [-0.15, -0.1) is 0 Å². The molecule has 0 bridgehead atoms. The molecule has 4 amide bonds. The minimum Gasteiger partial charge on any atom is -0.416 e. The fourth-order valence-corrected chi connectivity index (χ4v) is 6.34. The normalized spacial score (nSPS) is 33.5. The first-order chi connectivity index (χ1) is 18.3. The molecule has 6 unspecified atom stereocenters. The lowest BCUT2D eigenvalue weighted by Crippen LogP contribution is -2.60. The Kier molecular flexibility index (Phi) is 8.38. The Morgan fingerprint density at radius 3 is 2.69 bits per heavy atom. The smallest absolute Gasteiger partial charge is 0.412 e. The van der Waals surface area contributed by atoms with Crippen LogP contribution in [-0.2, 0) is 33.9 Å². The molecule has 2 aliphatic heterocycles. The lowest BCUT2D eigenvalue weighted by atomic mass is 10.1. The van der Waals surface area contributed by atoms with E-state index in [1.807, 2.05) is 6.08 Å². The topological polar surface area (TPSA) is 180 Å². The van der Waals surface area contributed by atoms with E-state index in [0.29, 0.717) is 25.7 Å². The highest BCUT2D eigenvalue weighted by atomic mass is 32.2. The Labute approximate surface area is 227 Å². The van der Waals surface area contributed by atoms with E-state index in [2.05, 4.69) is 21.9 Å². The van der Waals surface area contributed by atoms with E-state index >= 15 is 0 Å². The van der Waals surface area contributed by atoms with Gasteiger partial charge in [0.1, 0.15) is 17.6 Å². The molecule has 3 fully saturated rings. The predicted molar refractivity (Wildman–Crippen MR) is 137 cm³/mol. The van der Waals surface area contributed by atoms with E-state index in [0.717, 1.165) is 4.90 Å². The van der Waals surface area contributed by atoms with E-state index < -0.39 is 74.8 Å². The molecule has 2 aliphatic carbocycles. The summed E-state index contributed by atoms with van der Waals surface area (Å²) in [6.45, 7) is 6.65. The van der Waals surface area contributed by atoms with Crippen LogP contribution in [0.1, 0.15) is 52.4 Å². The molecule has 0 spiro atoms. The molecular weight excluding hydrogens is 532 g/mol. The monoisotopic (exact) mass is 568 g/mol. The first-order valence-electron chi connectivity index (χ1n) is 13.1. The summed E-state index contributed by atoms with van der Waals surface area (Å²) >= 11 is 0. The number of fused-ring (bicyclic) bond motifs is 2. The number of hydrogen-bond donors (Lipinski definition) is 4. The van der Waals surface area contributed by atoms with Gasteiger partial charge in [-0.2, -0.15) is 0 Å². The second-order valence-electron chi connectivity index (χ2n) is 10.7. The largest absolute Gasteiger partial charge is 0.416 e. The molecule has 4 aliphatic rings. The van der Waals surface area contributed by atoms with Crippen LogP contribution in [0.15, 0.2) is 24.5 Å². The summed E-state index contributed by atoms with van der Waals surface area (Å²) in [6.07, 6.45) is 3.02. The van der Waals surface area contributed by atoms with Crippen molar-refractivity contribution in [1.29, 1.82) is 0 Å². The Morgan fingerprint density at radius 1 is 1.31 bits per heavy atom. The number of carbonyl (C=O) groups excluding carboxylic acids is 4. The molecule has 2 saturated carbocycles. The summed E-state index contributed by atoms with van der Waals surface area (Å²) in [4.78, 5) is 53.9. The SMILES string of the molecule is C=C(C)OC(=O)NC1C(=O)N2CC(O)CC2C(=O)NC2(C(=O)NS(=O)(=O)C3CC3)CC2C=CCCCOC1C. The first kappa shape index (κ1) is 29.0. The van der Waals surface area contributed by atoms with Gasteiger partial charge in [-0.05, 0) is 46.0 Å². The lowest BCUT2D eigenvalue weighted by Gasteiger charge is -2.32. The minimum atomic E-state index is -3.85. The van der Waals surface area contributed by atoms with Gasteiger partial charge in [0, 0.05) is 25.5 Å². The van der Waals surface area contributed by atoms with E-state index in [1.165, 1.54) is 6.92 Å². The van der Waals surface area contributed by atoms with Crippen LogP contribution >= 0.6 is 0 Å². The number of hydrogen-bond acceptors (Lipinski definition) is 9. The maximum atomic E-state index is 13.7. The number of alkyl carbamates (subject to hydrolysis) is 1. The third-order valence-corrected chi connectivity index (χ3v) is 9.19. The van der Waals surface area contributed by atoms with Gasteiger partial charge in [0.05, 0.1) is 23.2 Å². The lowest BCUT2D eigenvalue weighted by molar-refractivity contribution is -0.143. The average molecular weight is 569 g/mol. The summed E-state index contributed by atoms with van der Waals surface area (Å²) in [5.74, 6) is -2.54. The molecule has 4 rings (SSSR count). The number of aliphatic hydroxyl groups is 1. The van der Waals surface area contributed by atoms with Crippen molar-refractivity contribution in [2.45, 2.75) is 87.5 Å². The van der Waals surface area contributed by atoms with Gasteiger partial charge in [0.15, 0.2) is 0 Å². The fourth-order valence-electron chi connectivity index (χ4n) is 4.97. The van der Waals surface area contributed by atoms with Gasteiger partial charge in [-0.3, -0.25) is 19.1 Å². The highest BCUT2D eigenvalue weighted by Crippen LogP contribution is 2.46. The van der Waals surface area contributed by atoms with Crippen molar-refractivity contribution in [2.75, 3.05) is 13.2 Å². The van der Waals surface area contributed by atoms with Gasteiger partial charge >= 0.3 is 6.09 Å². The highest BCUT2D eigenvalue weighted by molar-refractivity contribution is 7.91. The molecule has 1 saturated heterocycles. The standard InChI is InChI=1S/C25H36N4O9S/c1-14(2)38-24(34)26-20-15(3)37-10-6-4-5-7-16-12-25(16,23(33)28-39(35,36)18-8-9-18)27-21(31)19-11-17(30)13-29(19)22(20)32/h5,7,15-20,30H,1,4,6,8-13H2,2-3H3,(H,26,34)(H,27,31)(H,28,33). The van der Waals surface area contributed by atoms with Gasteiger partial charge in [-0.25, -0.2) is 13.2 Å². The van der Waals surface area contributed by atoms with E-state index in [9.17, 15) is 32.7 Å². The zero-order valence-electron chi connectivity index (χ0n) is 22.1. The van der Waals surface area contributed by atoms with Crippen LogP contribution in [0.4, 0.5) is 4.79 Å². The highest BCUT2D eigenvalue weighted by Gasteiger charge is 2.62.